The average molecular weight is 545 g/mol. The molecule has 4 aromatic rings. The van der Waals surface area contributed by atoms with E-state index in [0.717, 1.165) is 48.6 Å². The topological polar surface area (TPSA) is 128 Å². The number of piperazine rings is 1. The summed E-state index contributed by atoms with van der Waals surface area (Å²) in [7, 11) is 1.83. The Morgan fingerprint density at radius 3 is 2.85 bits per heavy atom. The number of carbonyl (C=O) groups is 3. The smallest absolute Gasteiger partial charge is 0.257 e. The molecule has 2 saturated heterocycles. The molecule has 5 heterocycles. The van der Waals surface area contributed by atoms with Crippen LogP contribution in [-0.2, 0) is 11.8 Å². The molecule has 1 atom stereocenters. The van der Waals surface area contributed by atoms with E-state index in [2.05, 4.69) is 30.6 Å². The van der Waals surface area contributed by atoms with Gasteiger partial charge in [-0.25, -0.2) is 9.37 Å². The second kappa shape index (κ2) is 10.5. The van der Waals surface area contributed by atoms with E-state index in [-0.39, 0.29) is 34.7 Å². The predicted octanol–water partition coefficient (Wildman–Crippen LogP) is 2.39. The maximum atomic E-state index is 14.6. The molecule has 1 unspecified atom stereocenters. The maximum Gasteiger partial charge on any atom is 0.257 e. The van der Waals surface area contributed by atoms with Crippen LogP contribution in [0.2, 0.25) is 0 Å². The van der Waals surface area contributed by atoms with Crippen molar-refractivity contribution in [2.24, 2.45) is 7.05 Å². The number of rotatable bonds is 7. The Bertz CT molecular complexity index is 1610. The van der Waals surface area contributed by atoms with E-state index in [1.54, 1.807) is 16.9 Å². The number of hydrogen-bond donors (Lipinski definition) is 3. The number of amides is 3. The fourth-order valence-corrected chi connectivity index (χ4v) is 5.41. The van der Waals surface area contributed by atoms with Crippen LogP contribution in [0, 0.1) is 5.82 Å². The second-order valence-electron chi connectivity index (χ2n) is 10.3. The summed E-state index contributed by atoms with van der Waals surface area (Å²) < 4.78 is 16.3. The molecule has 0 bridgehead atoms. The maximum absolute atomic E-state index is 14.6. The lowest BCUT2D eigenvalue weighted by molar-refractivity contribution is -0.137. The van der Waals surface area contributed by atoms with Gasteiger partial charge < -0.3 is 20.5 Å². The number of anilines is 1. The third-order valence-electron chi connectivity index (χ3n) is 7.46. The molecule has 40 heavy (non-hydrogen) atoms. The number of hydrogen-bond acceptors (Lipinski definition) is 6. The van der Waals surface area contributed by atoms with E-state index in [1.165, 1.54) is 18.3 Å². The summed E-state index contributed by atoms with van der Waals surface area (Å²) in [5, 5.41) is 10.3. The molecular weight excluding hydrogens is 515 g/mol. The van der Waals surface area contributed by atoms with E-state index >= 15 is 0 Å². The van der Waals surface area contributed by atoms with Crippen molar-refractivity contribution in [3.8, 4) is 11.3 Å². The first-order valence-corrected chi connectivity index (χ1v) is 13.2. The summed E-state index contributed by atoms with van der Waals surface area (Å²) in [6.45, 7) is 2.89. The van der Waals surface area contributed by atoms with Crippen molar-refractivity contribution in [1.29, 1.82) is 0 Å². The van der Waals surface area contributed by atoms with Gasteiger partial charge in [0.2, 0.25) is 5.91 Å². The molecule has 0 saturated carbocycles. The molecule has 12 heteroatoms. The van der Waals surface area contributed by atoms with Crippen LogP contribution in [0.3, 0.4) is 0 Å². The molecule has 3 N–H and O–H groups in total. The van der Waals surface area contributed by atoms with Crippen LogP contribution in [0.25, 0.3) is 22.3 Å². The van der Waals surface area contributed by atoms with Crippen molar-refractivity contribution in [3.05, 3.63) is 65.9 Å². The average Bonchev–Trinajstić information content (AvgIpc) is 3.69. The highest BCUT2D eigenvalue weighted by Gasteiger charge is 2.35. The summed E-state index contributed by atoms with van der Waals surface area (Å²) in [6.07, 6.45) is 7.05. The second-order valence-corrected chi connectivity index (χ2v) is 10.3. The summed E-state index contributed by atoms with van der Waals surface area (Å²) in [5.74, 6) is -1.46. The van der Waals surface area contributed by atoms with Crippen LogP contribution < -0.4 is 10.6 Å². The number of halogens is 1. The highest BCUT2D eigenvalue weighted by atomic mass is 19.1. The van der Waals surface area contributed by atoms with Crippen molar-refractivity contribution in [1.82, 2.24) is 34.9 Å². The highest BCUT2D eigenvalue weighted by Crippen LogP contribution is 2.25. The van der Waals surface area contributed by atoms with Crippen molar-refractivity contribution in [2.45, 2.75) is 18.9 Å². The monoisotopic (exact) mass is 544 g/mol. The fraction of sp³-hybridized carbons (Fsp3) is 0.321. The predicted molar refractivity (Wildman–Crippen MR) is 146 cm³/mol. The molecule has 3 amide bonds. The minimum Gasteiger partial charge on any atom is -0.351 e. The van der Waals surface area contributed by atoms with Gasteiger partial charge in [0.25, 0.3) is 11.8 Å². The van der Waals surface area contributed by atoms with Crippen molar-refractivity contribution in [3.63, 3.8) is 0 Å². The summed E-state index contributed by atoms with van der Waals surface area (Å²) in [6, 6.07) is 7.62. The van der Waals surface area contributed by atoms with Gasteiger partial charge in [-0.15, -0.1) is 0 Å². The minimum atomic E-state index is -0.660. The Kier molecular flexibility index (Phi) is 6.76. The van der Waals surface area contributed by atoms with Gasteiger partial charge in [-0.3, -0.25) is 24.0 Å². The Hall–Kier alpha value is -4.58. The van der Waals surface area contributed by atoms with Crippen molar-refractivity contribution < 1.29 is 18.8 Å². The number of aromatic nitrogens is 4. The number of aromatic amines is 1. The van der Waals surface area contributed by atoms with Crippen LogP contribution in [-0.4, -0.2) is 86.0 Å². The molecule has 2 aliphatic heterocycles. The molecular formula is C28H29FN8O3. The normalized spacial score (nSPS) is 17.3. The Labute approximate surface area is 229 Å². The summed E-state index contributed by atoms with van der Waals surface area (Å²) in [5.41, 5.74) is 2.66. The molecule has 2 fully saturated rings. The van der Waals surface area contributed by atoms with Crippen LogP contribution in [0.1, 0.15) is 33.6 Å². The first-order chi connectivity index (χ1) is 19.3. The lowest BCUT2D eigenvalue weighted by Crippen LogP contribution is -2.54. The largest absolute Gasteiger partial charge is 0.351 e. The van der Waals surface area contributed by atoms with Gasteiger partial charge in [0.15, 0.2) is 0 Å². The number of nitrogens with zero attached hydrogens (tertiary/aromatic N) is 5. The molecule has 11 nitrogen and oxygen atoms in total. The zero-order chi connectivity index (χ0) is 27.8. The quantitative estimate of drug-likeness (QED) is 0.328. The minimum absolute atomic E-state index is 0.106. The summed E-state index contributed by atoms with van der Waals surface area (Å²) >= 11 is 0. The number of fused-ring (bicyclic) bond motifs is 2. The van der Waals surface area contributed by atoms with E-state index in [1.807, 2.05) is 24.2 Å². The number of carbonyl (C=O) groups excluding carboxylic acids is 3. The van der Waals surface area contributed by atoms with E-state index in [0.29, 0.717) is 25.3 Å². The van der Waals surface area contributed by atoms with E-state index in [4.69, 9.17) is 0 Å². The SMILES string of the molecule is Cn1cc(-c2cc3cc(C(=O)Nc4cc(C(=O)NCCN5CC(=O)N6CCCC6C5)ccc4F)cnc3[nH]2)cn1. The van der Waals surface area contributed by atoms with Gasteiger partial charge in [-0.05, 0) is 43.2 Å². The standard InChI is InChI=1S/C28H29FN8O3/c1-35-14-20(13-32-35)23-11-18-9-19(12-31-26(18)33-23)28(40)34-24-10-17(4-5-22(24)29)27(39)30-6-8-36-15-21-3-2-7-37(21)25(38)16-36/h4-5,9-14,21H,2-3,6-8,15-16H2,1H3,(H,30,39)(H,31,33)(H,34,40). The summed E-state index contributed by atoms with van der Waals surface area (Å²) in [4.78, 5) is 49.6. The molecule has 0 spiro atoms. The van der Waals surface area contributed by atoms with Crippen molar-refractivity contribution >= 4 is 34.4 Å². The zero-order valence-corrected chi connectivity index (χ0v) is 22.0. The number of nitrogens with one attached hydrogen (secondary N) is 3. The lowest BCUT2D eigenvalue weighted by Gasteiger charge is -2.37. The number of aryl methyl sites for hydroxylation is 1. The molecule has 3 aromatic heterocycles. The highest BCUT2D eigenvalue weighted by molar-refractivity contribution is 6.06. The molecule has 2 aliphatic rings. The Morgan fingerprint density at radius 2 is 2.02 bits per heavy atom. The van der Waals surface area contributed by atoms with Crippen LogP contribution in [0.5, 0.6) is 0 Å². The van der Waals surface area contributed by atoms with Gasteiger partial charge >= 0.3 is 0 Å². The zero-order valence-electron chi connectivity index (χ0n) is 22.0. The lowest BCUT2D eigenvalue weighted by atomic mass is 10.1. The van der Waals surface area contributed by atoms with Crippen LogP contribution in [0.4, 0.5) is 10.1 Å². The van der Waals surface area contributed by atoms with Crippen LogP contribution in [0.15, 0.2) is 48.9 Å². The third kappa shape index (κ3) is 5.17. The number of benzene rings is 1. The number of pyridine rings is 1. The fourth-order valence-electron chi connectivity index (χ4n) is 5.41. The van der Waals surface area contributed by atoms with Crippen molar-refractivity contribution in [2.75, 3.05) is 38.0 Å². The van der Waals surface area contributed by atoms with E-state index < -0.39 is 11.7 Å². The van der Waals surface area contributed by atoms with Gasteiger partial charge in [-0.2, -0.15) is 5.10 Å². The van der Waals surface area contributed by atoms with Crippen LogP contribution >= 0.6 is 0 Å². The Morgan fingerprint density at radius 1 is 1.15 bits per heavy atom. The number of H-pyrrole nitrogens is 1. The van der Waals surface area contributed by atoms with Gasteiger partial charge in [0.1, 0.15) is 11.5 Å². The molecule has 6 rings (SSSR count). The first-order valence-electron chi connectivity index (χ1n) is 13.2. The molecule has 0 aliphatic carbocycles. The molecule has 1 aromatic carbocycles. The first kappa shape index (κ1) is 25.7. The molecule has 0 radical (unpaired) electrons. The van der Waals surface area contributed by atoms with E-state index in [9.17, 15) is 18.8 Å². The van der Waals surface area contributed by atoms with Gasteiger partial charge in [-0.1, -0.05) is 0 Å². The van der Waals surface area contributed by atoms with Gasteiger partial charge in [0.05, 0.1) is 29.7 Å². The van der Waals surface area contributed by atoms with Gasteiger partial charge in [0, 0.05) is 68.2 Å². The third-order valence-corrected chi connectivity index (χ3v) is 7.46. The Balaban J connectivity index is 1.08. The molecule has 206 valence electrons.